The molecular formula is C16H15ClFNO2S. The van der Waals surface area contributed by atoms with Crippen LogP contribution < -0.4 is 0 Å². The smallest absolute Gasteiger partial charge is 0.264 e. The molecule has 1 fully saturated rings. The van der Waals surface area contributed by atoms with Crippen molar-refractivity contribution in [1.82, 2.24) is 4.90 Å². The predicted octanol–water partition coefficient (Wildman–Crippen LogP) is 3.88. The molecular weight excluding hydrogens is 325 g/mol. The fraction of sp³-hybridized carbons (Fsp3) is 0.312. The lowest BCUT2D eigenvalue weighted by Crippen LogP contribution is -2.29. The second kappa shape index (κ2) is 6.36. The number of alkyl halides is 1. The van der Waals surface area contributed by atoms with Gasteiger partial charge in [0.1, 0.15) is 12.3 Å². The van der Waals surface area contributed by atoms with Crippen molar-refractivity contribution in [2.75, 3.05) is 20.2 Å². The molecule has 1 amide bonds. The van der Waals surface area contributed by atoms with Crippen molar-refractivity contribution in [3.8, 4) is 10.4 Å². The van der Waals surface area contributed by atoms with Crippen molar-refractivity contribution in [2.45, 2.75) is 12.3 Å². The van der Waals surface area contributed by atoms with Gasteiger partial charge in [-0.3, -0.25) is 4.79 Å². The van der Waals surface area contributed by atoms with Crippen LogP contribution in [0.25, 0.3) is 10.4 Å². The Morgan fingerprint density at radius 1 is 1.36 bits per heavy atom. The van der Waals surface area contributed by atoms with Crippen LogP contribution in [0.3, 0.4) is 0 Å². The van der Waals surface area contributed by atoms with Crippen molar-refractivity contribution in [3.63, 3.8) is 0 Å². The summed E-state index contributed by atoms with van der Waals surface area (Å²) in [5.74, 6) is -0.152. The number of ether oxygens (including phenoxy) is 1. The molecule has 2 heterocycles. The summed E-state index contributed by atoms with van der Waals surface area (Å²) in [5.41, 5.74) is 0.969. The van der Waals surface area contributed by atoms with E-state index >= 15 is 0 Å². The molecule has 1 saturated heterocycles. The molecule has 1 aliphatic heterocycles. The lowest BCUT2D eigenvalue weighted by Gasteiger charge is -2.14. The Labute approximate surface area is 137 Å². The first-order valence-corrected chi connectivity index (χ1v) is 8.10. The summed E-state index contributed by atoms with van der Waals surface area (Å²) in [5, 5.41) is 0.654. The van der Waals surface area contributed by atoms with Crippen LogP contribution in [-0.2, 0) is 4.74 Å². The van der Waals surface area contributed by atoms with Crippen LogP contribution in [0.2, 0.25) is 5.02 Å². The highest BCUT2D eigenvalue weighted by Gasteiger charge is 2.36. The number of hydrogen-bond acceptors (Lipinski definition) is 3. The molecule has 0 radical (unpaired) electrons. The van der Waals surface area contributed by atoms with E-state index < -0.39 is 12.3 Å². The molecule has 3 rings (SSSR count). The van der Waals surface area contributed by atoms with Gasteiger partial charge in [-0.15, -0.1) is 11.3 Å². The van der Waals surface area contributed by atoms with Gasteiger partial charge < -0.3 is 9.64 Å². The maximum atomic E-state index is 13.7. The molecule has 0 N–H and O–H groups in total. The van der Waals surface area contributed by atoms with E-state index in [2.05, 4.69) is 0 Å². The van der Waals surface area contributed by atoms with E-state index in [4.69, 9.17) is 16.3 Å². The molecule has 3 nitrogen and oxygen atoms in total. The molecule has 0 aliphatic carbocycles. The van der Waals surface area contributed by atoms with Gasteiger partial charge >= 0.3 is 0 Å². The number of benzene rings is 1. The molecule has 116 valence electrons. The number of nitrogens with zero attached hydrogens (tertiary/aromatic N) is 1. The minimum absolute atomic E-state index is 0.0851. The van der Waals surface area contributed by atoms with Gasteiger partial charge in [-0.1, -0.05) is 23.7 Å². The number of halogens is 2. The van der Waals surface area contributed by atoms with Crippen molar-refractivity contribution in [3.05, 3.63) is 46.3 Å². The van der Waals surface area contributed by atoms with Gasteiger partial charge in [-0.05, 0) is 29.8 Å². The number of thiophene rings is 1. The predicted molar refractivity (Wildman–Crippen MR) is 86.4 cm³/mol. The molecule has 0 unspecified atom stereocenters. The molecule has 22 heavy (non-hydrogen) atoms. The first kappa shape index (κ1) is 15.5. The molecule has 6 heteroatoms. The number of carbonyl (C=O) groups is 1. The first-order chi connectivity index (χ1) is 10.6. The second-order valence-corrected chi connectivity index (χ2v) is 6.69. The molecule has 0 bridgehead atoms. The molecule has 1 aliphatic rings. The van der Waals surface area contributed by atoms with Crippen molar-refractivity contribution in [2.24, 2.45) is 0 Å². The van der Waals surface area contributed by atoms with E-state index in [0.717, 1.165) is 10.4 Å². The Morgan fingerprint density at radius 3 is 2.86 bits per heavy atom. The Bertz CT molecular complexity index is 690. The van der Waals surface area contributed by atoms with Gasteiger partial charge in [-0.2, -0.15) is 0 Å². The van der Waals surface area contributed by atoms with Gasteiger partial charge in [0.2, 0.25) is 0 Å². The van der Waals surface area contributed by atoms with Gasteiger partial charge in [0.05, 0.1) is 18.0 Å². The summed E-state index contributed by atoms with van der Waals surface area (Å²) in [6, 6.07) is 11.1. The van der Waals surface area contributed by atoms with E-state index in [0.29, 0.717) is 16.4 Å². The van der Waals surface area contributed by atoms with Crippen LogP contribution in [-0.4, -0.2) is 43.3 Å². The summed E-state index contributed by atoms with van der Waals surface area (Å²) in [6.45, 7) is 0.378. The highest BCUT2D eigenvalue weighted by molar-refractivity contribution is 7.17. The lowest BCUT2D eigenvalue weighted by molar-refractivity contribution is 0.0596. The van der Waals surface area contributed by atoms with Crippen LogP contribution in [0.4, 0.5) is 4.39 Å². The minimum atomic E-state index is -1.12. The Hall–Kier alpha value is -1.43. The standard InChI is InChI=1S/C16H15ClFNO2S/c1-21-13-9-19(8-12(13)18)16(20)15-6-5-14(22-15)10-3-2-4-11(17)7-10/h2-7,12-13H,8-9H2,1H3/t12-,13-/m0/s1. The molecule has 1 aromatic heterocycles. The highest BCUT2D eigenvalue weighted by atomic mass is 35.5. The normalized spacial score (nSPS) is 21.3. The summed E-state index contributed by atoms with van der Waals surface area (Å²) in [6.07, 6.45) is -1.65. The third kappa shape index (κ3) is 3.02. The lowest BCUT2D eigenvalue weighted by atomic mass is 10.2. The summed E-state index contributed by atoms with van der Waals surface area (Å²) < 4.78 is 18.7. The molecule has 1 aromatic carbocycles. The van der Waals surface area contributed by atoms with Crippen LogP contribution in [0.5, 0.6) is 0 Å². The topological polar surface area (TPSA) is 29.5 Å². The number of rotatable bonds is 3. The average Bonchev–Trinajstić information content (AvgIpc) is 3.13. The maximum absolute atomic E-state index is 13.7. The fourth-order valence-electron chi connectivity index (χ4n) is 2.53. The van der Waals surface area contributed by atoms with Crippen LogP contribution in [0, 0.1) is 0 Å². The zero-order valence-corrected chi connectivity index (χ0v) is 13.5. The molecule has 0 spiro atoms. The maximum Gasteiger partial charge on any atom is 0.264 e. The summed E-state index contributed by atoms with van der Waals surface area (Å²) in [4.78, 5) is 15.5. The van der Waals surface area contributed by atoms with Crippen molar-refractivity contribution in [1.29, 1.82) is 0 Å². The Balaban J connectivity index is 1.78. The zero-order valence-electron chi connectivity index (χ0n) is 12.0. The van der Waals surface area contributed by atoms with Gasteiger partial charge in [-0.25, -0.2) is 4.39 Å². The highest BCUT2D eigenvalue weighted by Crippen LogP contribution is 2.31. The van der Waals surface area contributed by atoms with Gasteiger partial charge in [0.25, 0.3) is 5.91 Å². The van der Waals surface area contributed by atoms with E-state index in [9.17, 15) is 9.18 Å². The zero-order chi connectivity index (χ0) is 15.7. The number of amides is 1. The number of carbonyl (C=O) groups excluding carboxylic acids is 1. The molecule has 2 aromatic rings. The minimum Gasteiger partial charge on any atom is -0.377 e. The summed E-state index contributed by atoms with van der Waals surface area (Å²) in [7, 11) is 1.47. The van der Waals surface area contributed by atoms with E-state index in [1.807, 2.05) is 24.3 Å². The van der Waals surface area contributed by atoms with Crippen molar-refractivity contribution < 1.29 is 13.9 Å². The van der Waals surface area contributed by atoms with Crippen LogP contribution in [0.15, 0.2) is 36.4 Å². The molecule has 0 saturated carbocycles. The van der Waals surface area contributed by atoms with E-state index in [1.165, 1.54) is 23.3 Å². The van der Waals surface area contributed by atoms with Gasteiger partial charge in [0.15, 0.2) is 0 Å². The molecule has 2 atom stereocenters. The van der Waals surface area contributed by atoms with Gasteiger partial charge in [0, 0.05) is 17.0 Å². The average molecular weight is 340 g/mol. The second-order valence-electron chi connectivity index (χ2n) is 5.17. The first-order valence-electron chi connectivity index (χ1n) is 6.90. The Morgan fingerprint density at radius 2 is 2.18 bits per heavy atom. The van der Waals surface area contributed by atoms with E-state index in [-0.39, 0.29) is 12.5 Å². The van der Waals surface area contributed by atoms with Crippen molar-refractivity contribution >= 4 is 28.8 Å². The summed E-state index contributed by atoms with van der Waals surface area (Å²) >= 11 is 7.38. The third-order valence-corrected chi connectivity index (χ3v) is 5.07. The number of methoxy groups -OCH3 is 1. The third-order valence-electron chi connectivity index (χ3n) is 3.71. The van der Waals surface area contributed by atoms with E-state index in [1.54, 1.807) is 12.1 Å². The number of hydrogen-bond donors (Lipinski definition) is 0. The van der Waals surface area contributed by atoms with Crippen LogP contribution >= 0.6 is 22.9 Å². The largest absolute Gasteiger partial charge is 0.377 e. The fourth-order valence-corrected chi connectivity index (χ4v) is 3.69. The van der Waals surface area contributed by atoms with Crippen LogP contribution in [0.1, 0.15) is 9.67 Å². The Kier molecular flexibility index (Phi) is 4.47. The SMILES string of the molecule is CO[C@H]1CN(C(=O)c2ccc(-c3cccc(Cl)c3)s2)C[C@@H]1F. The number of likely N-dealkylation sites (tertiary alicyclic amines) is 1. The monoisotopic (exact) mass is 339 g/mol. The quantitative estimate of drug-likeness (QED) is 0.849.